The maximum atomic E-state index is 8.61. The number of H-pyrrole nitrogens is 1. The molecule has 0 saturated heterocycles. The zero-order valence-corrected chi connectivity index (χ0v) is 12.5. The third-order valence-corrected chi connectivity index (χ3v) is 3.18. The lowest BCUT2D eigenvalue weighted by Crippen LogP contribution is -1.98. The Kier molecular flexibility index (Phi) is 4.36. The van der Waals surface area contributed by atoms with Gasteiger partial charge in [0.25, 0.3) is 0 Å². The van der Waals surface area contributed by atoms with E-state index in [1.165, 1.54) is 0 Å². The van der Waals surface area contributed by atoms with Gasteiger partial charge < -0.3 is 9.72 Å². The van der Waals surface area contributed by atoms with Crippen LogP contribution in [0, 0.1) is 22.7 Å². The van der Waals surface area contributed by atoms with Gasteiger partial charge in [-0.05, 0) is 36.4 Å². The van der Waals surface area contributed by atoms with Crippen LogP contribution in [0.3, 0.4) is 0 Å². The molecule has 7 heteroatoms. The van der Waals surface area contributed by atoms with Crippen molar-refractivity contribution in [1.29, 1.82) is 10.5 Å². The molecule has 2 aromatic carbocycles. The number of rotatable bonds is 5. The highest BCUT2D eigenvalue weighted by Crippen LogP contribution is 2.17. The Morgan fingerprint density at radius 1 is 1.12 bits per heavy atom. The molecule has 0 bridgehead atoms. The van der Waals surface area contributed by atoms with Gasteiger partial charge in [0.1, 0.15) is 30.3 Å². The van der Waals surface area contributed by atoms with Gasteiger partial charge in [0, 0.05) is 0 Å². The summed E-state index contributed by atoms with van der Waals surface area (Å²) in [7, 11) is 0. The van der Waals surface area contributed by atoms with Gasteiger partial charge in [-0.1, -0.05) is 12.1 Å². The smallest absolute Gasteiger partial charge is 0.237 e. The van der Waals surface area contributed by atoms with Gasteiger partial charge in [0.15, 0.2) is 0 Å². The Hall–Kier alpha value is -3.84. The largest absolute Gasteiger partial charge is 0.486 e. The van der Waals surface area contributed by atoms with E-state index in [-0.39, 0.29) is 5.71 Å². The standard InChI is InChI=1S/C17H12N6O/c18-9-13(10-19)23-22-12-5-7-14(8-6-12)24-11-17-20-15-3-1-2-4-16(15)21-17/h1-8,22H,11H2,(H,20,21). The number of aromatic amines is 1. The van der Waals surface area contributed by atoms with Gasteiger partial charge in [0.05, 0.1) is 16.7 Å². The highest BCUT2D eigenvalue weighted by atomic mass is 16.5. The molecule has 0 unspecified atom stereocenters. The Labute approximate surface area is 137 Å². The number of nitriles is 2. The van der Waals surface area contributed by atoms with E-state index in [9.17, 15) is 0 Å². The summed E-state index contributed by atoms with van der Waals surface area (Å²) >= 11 is 0. The van der Waals surface area contributed by atoms with Crippen LogP contribution in [0.5, 0.6) is 5.75 Å². The average molecular weight is 316 g/mol. The van der Waals surface area contributed by atoms with Crippen LogP contribution in [0.4, 0.5) is 5.69 Å². The number of benzene rings is 2. The second-order valence-electron chi connectivity index (χ2n) is 4.81. The molecule has 0 amide bonds. The Bertz CT molecular complexity index is 910. The molecule has 3 rings (SSSR count). The van der Waals surface area contributed by atoms with E-state index in [1.54, 1.807) is 36.4 Å². The van der Waals surface area contributed by atoms with E-state index in [4.69, 9.17) is 15.3 Å². The highest BCUT2D eigenvalue weighted by Gasteiger charge is 2.03. The van der Waals surface area contributed by atoms with Crippen molar-refractivity contribution in [2.75, 3.05) is 5.43 Å². The summed E-state index contributed by atoms with van der Waals surface area (Å²) in [6.45, 7) is 0.326. The number of hydrogen-bond acceptors (Lipinski definition) is 6. The quantitative estimate of drug-likeness (QED) is 0.555. The number of aromatic nitrogens is 2. The lowest BCUT2D eigenvalue weighted by molar-refractivity contribution is 0.297. The summed E-state index contributed by atoms with van der Waals surface area (Å²) in [6, 6.07) is 18.1. The second-order valence-corrected chi connectivity index (χ2v) is 4.81. The van der Waals surface area contributed by atoms with Gasteiger partial charge in [-0.2, -0.15) is 15.6 Å². The summed E-state index contributed by atoms with van der Waals surface area (Å²) < 4.78 is 5.68. The molecule has 0 aliphatic rings. The minimum Gasteiger partial charge on any atom is -0.486 e. The van der Waals surface area contributed by atoms with Crippen LogP contribution in [0.2, 0.25) is 0 Å². The number of fused-ring (bicyclic) bond motifs is 1. The average Bonchev–Trinajstić information content (AvgIpc) is 3.05. The molecular formula is C17H12N6O. The molecule has 0 aliphatic heterocycles. The van der Waals surface area contributed by atoms with Crippen molar-refractivity contribution < 1.29 is 4.74 Å². The highest BCUT2D eigenvalue weighted by molar-refractivity contribution is 6.10. The third kappa shape index (κ3) is 3.49. The zero-order chi connectivity index (χ0) is 16.8. The molecule has 0 atom stereocenters. The predicted molar refractivity (Wildman–Crippen MR) is 89.2 cm³/mol. The monoisotopic (exact) mass is 316 g/mol. The summed E-state index contributed by atoms with van der Waals surface area (Å²) in [4.78, 5) is 7.64. The first-order valence-corrected chi connectivity index (χ1v) is 7.09. The molecule has 116 valence electrons. The van der Waals surface area contributed by atoms with Gasteiger partial charge in [-0.15, -0.1) is 0 Å². The Morgan fingerprint density at radius 3 is 2.58 bits per heavy atom. The zero-order valence-electron chi connectivity index (χ0n) is 12.5. The molecular weight excluding hydrogens is 304 g/mol. The molecule has 0 radical (unpaired) electrons. The molecule has 1 heterocycles. The maximum absolute atomic E-state index is 8.61. The van der Waals surface area contributed by atoms with Gasteiger partial charge in [0.2, 0.25) is 5.71 Å². The first-order valence-electron chi connectivity index (χ1n) is 7.09. The number of ether oxygens (including phenoxy) is 1. The lowest BCUT2D eigenvalue weighted by atomic mass is 10.3. The first-order chi connectivity index (χ1) is 11.8. The summed E-state index contributed by atoms with van der Waals surface area (Å²) in [5, 5.41) is 20.9. The minimum atomic E-state index is -0.236. The van der Waals surface area contributed by atoms with Crippen LogP contribution in [0.1, 0.15) is 5.82 Å². The summed E-state index contributed by atoms with van der Waals surface area (Å²) in [5.74, 6) is 1.42. The van der Waals surface area contributed by atoms with E-state index in [0.29, 0.717) is 18.0 Å². The van der Waals surface area contributed by atoms with Crippen molar-refractivity contribution in [3.8, 4) is 17.9 Å². The van der Waals surface area contributed by atoms with Crippen LogP contribution >= 0.6 is 0 Å². The van der Waals surface area contributed by atoms with Crippen LogP contribution in [-0.4, -0.2) is 15.7 Å². The van der Waals surface area contributed by atoms with Crippen molar-refractivity contribution in [2.24, 2.45) is 5.10 Å². The van der Waals surface area contributed by atoms with E-state index in [1.807, 2.05) is 24.3 Å². The molecule has 2 N–H and O–H groups in total. The molecule has 3 aromatic rings. The minimum absolute atomic E-state index is 0.236. The molecule has 0 spiro atoms. The first kappa shape index (κ1) is 15.1. The number of nitrogens with zero attached hydrogens (tertiary/aromatic N) is 4. The van der Waals surface area contributed by atoms with E-state index >= 15 is 0 Å². The SMILES string of the molecule is N#CC(C#N)=NNc1ccc(OCc2nc3ccccc3[nH]2)cc1. The molecule has 7 nitrogen and oxygen atoms in total. The number of hydrogen-bond donors (Lipinski definition) is 2. The molecule has 24 heavy (non-hydrogen) atoms. The summed E-state index contributed by atoms with van der Waals surface area (Å²) in [6.07, 6.45) is 0. The number of para-hydroxylation sites is 2. The van der Waals surface area contributed by atoms with Crippen LogP contribution in [0.25, 0.3) is 11.0 Å². The van der Waals surface area contributed by atoms with Crippen molar-refractivity contribution in [1.82, 2.24) is 9.97 Å². The number of anilines is 1. The van der Waals surface area contributed by atoms with Crippen LogP contribution < -0.4 is 10.2 Å². The molecule has 1 aromatic heterocycles. The fraction of sp³-hybridized carbons (Fsp3) is 0.0588. The molecule has 0 saturated carbocycles. The fourth-order valence-corrected chi connectivity index (χ4v) is 2.05. The van der Waals surface area contributed by atoms with E-state index < -0.39 is 0 Å². The van der Waals surface area contributed by atoms with Gasteiger partial charge in [-0.3, -0.25) is 5.43 Å². The van der Waals surface area contributed by atoms with Gasteiger partial charge >= 0.3 is 0 Å². The van der Waals surface area contributed by atoms with E-state index in [2.05, 4.69) is 20.5 Å². The molecule has 0 fully saturated rings. The van der Waals surface area contributed by atoms with Crippen molar-refractivity contribution in [3.63, 3.8) is 0 Å². The Balaban J connectivity index is 1.61. The number of nitrogens with one attached hydrogen (secondary N) is 2. The maximum Gasteiger partial charge on any atom is 0.237 e. The van der Waals surface area contributed by atoms with Crippen LogP contribution in [-0.2, 0) is 6.61 Å². The van der Waals surface area contributed by atoms with Crippen molar-refractivity contribution in [3.05, 3.63) is 54.4 Å². The molecule has 0 aliphatic carbocycles. The van der Waals surface area contributed by atoms with Crippen LogP contribution in [0.15, 0.2) is 53.6 Å². The van der Waals surface area contributed by atoms with Crippen molar-refractivity contribution in [2.45, 2.75) is 6.61 Å². The second kappa shape index (κ2) is 6.95. The third-order valence-electron chi connectivity index (χ3n) is 3.18. The van der Waals surface area contributed by atoms with Crippen molar-refractivity contribution >= 4 is 22.4 Å². The number of hydrazone groups is 1. The van der Waals surface area contributed by atoms with E-state index in [0.717, 1.165) is 16.9 Å². The fourth-order valence-electron chi connectivity index (χ4n) is 2.05. The number of imidazole rings is 1. The normalized spacial score (nSPS) is 9.75. The predicted octanol–water partition coefficient (Wildman–Crippen LogP) is 2.96. The Morgan fingerprint density at radius 2 is 1.88 bits per heavy atom. The topological polar surface area (TPSA) is 110 Å². The lowest BCUT2D eigenvalue weighted by Gasteiger charge is -2.05. The summed E-state index contributed by atoms with van der Waals surface area (Å²) in [5.41, 5.74) is 4.92. The van der Waals surface area contributed by atoms with Gasteiger partial charge in [-0.25, -0.2) is 4.98 Å².